The van der Waals surface area contributed by atoms with E-state index in [9.17, 15) is 4.79 Å². The summed E-state index contributed by atoms with van der Waals surface area (Å²) < 4.78 is 2.74. The molecule has 6 heteroatoms. The van der Waals surface area contributed by atoms with Gasteiger partial charge in [0.2, 0.25) is 0 Å². The Kier molecular flexibility index (Phi) is 4.52. The van der Waals surface area contributed by atoms with Gasteiger partial charge in [0.25, 0.3) is 0 Å². The van der Waals surface area contributed by atoms with Gasteiger partial charge < -0.3 is 0 Å². The van der Waals surface area contributed by atoms with Crippen molar-refractivity contribution in [2.24, 2.45) is 7.05 Å². The first-order chi connectivity index (χ1) is 9.01. The van der Waals surface area contributed by atoms with E-state index in [2.05, 4.69) is 32.9 Å². The molecule has 0 spiro atoms. The van der Waals surface area contributed by atoms with Gasteiger partial charge in [-0.15, -0.1) is 11.3 Å². The van der Waals surface area contributed by atoms with Crippen LogP contribution in [0.5, 0.6) is 0 Å². The minimum Gasteiger partial charge on any atom is -0.299 e. The maximum Gasteiger partial charge on any atom is 0.144 e. The van der Waals surface area contributed by atoms with Crippen LogP contribution in [0.1, 0.15) is 29.0 Å². The molecule has 0 aliphatic heterocycles. The second-order valence-electron chi connectivity index (χ2n) is 4.43. The number of aromatic nitrogens is 3. The van der Waals surface area contributed by atoms with Crippen molar-refractivity contribution in [1.82, 2.24) is 14.8 Å². The van der Waals surface area contributed by atoms with Gasteiger partial charge in [-0.25, -0.2) is 4.98 Å². The summed E-state index contributed by atoms with van der Waals surface area (Å²) in [7, 11) is 1.87. The predicted molar refractivity (Wildman–Crippen MR) is 79.6 cm³/mol. The summed E-state index contributed by atoms with van der Waals surface area (Å²) in [5.74, 6) is 0.164. The number of halogens is 1. The molecule has 2 rings (SSSR count). The maximum absolute atomic E-state index is 12.1. The quantitative estimate of drug-likeness (QED) is 0.840. The lowest BCUT2D eigenvalue weighted by Crippen LogP contribution is -2.10. The monoisotopic (exact) mass is 341 g/mol. The second kappa shape index (κ2) is 5.96. The molecule has 102 valence electrons. The lowest BCUT2D eigenvalue weighted by atomic mass is 10.1. The maximum atomic E-state index is 12.1. The Hall–Kier alpha value is -1.01. The van der Waals surface area contributed by atoms with Gasteiger partial charge in [0, 0.05) is 25.3 Å². The summed E-state index contributed by atoms with van der Waals surface area (Å²) in [4.78, 5) is 16.4. The van der Waals surface area contributed by atoms with Crippen molar-refractivity contribution in [2.75, 3.05) is 0 Å². The van der Waals surface area contributed by atoms with Crippen LogP contribution in [0.3, 0.4) is 0 Å². The van der Waals surface area contributed by atoms with Crippen LogP contribution in [0.25, 0.3) is 0 Å². The molecule has 0 saturated carbocycles. The highest BCUT2D eigenvalue weighted by Crippen LogP contribution is 2.22. The summed E-state index contributed by atoms with van der Waals surface area (Å²) in [6.07, 6.45) is 1.64. The van der Waals surface area contributed by atoms with Crippen LogP contribution in [0.15, 0.2) is 9.85 Å². The fourth-order valence-electron chi connectivity index (χ4n) is 1.95. The largest absolute Gasteiger partial charge is 0.299 e. The molecule has 0 aliphatic carbocycles. The summed E-state index contributed by atoms with van der Waals surface area (Å²) in [6, 6.07) is 0. The number of aryl methyl sites for hydroxylation is 3. The van der Waals surface area contributed by atoms with Gasteiger partial charge in [0.05, 0.1) is 26.6 Å². The fraction of sp³-hybridized carbons (Fsp3) is 0.462. The van der Waals surface area contributed by atoms with Crippen LogP contribution < -0.4 is 0 Å². The number of carbonyl (C=O) groups is 1. The van der Waals surface area contributed by atoms with Crippen LogP contribution >= 0.6 is 27.3 Å². The van der Waals surface area contributed by atoms with Gasteiger partial charge in [-0.3, -0.25) is 9.48 Å². The van der Waals surface area contributed by atoms with Crippen LogP contribution in [-0.4, -0.2) is 20.5 Å². The minimum absolute atomic E-state index is 0.164. The Labute approximate surface area is 125 Å². The molecule has 0 radical (unpaired) electrons. The average Bonchev–Trinajstić information content (AvgIpc) is 2.87. The summed E-state index contributed by atoms with van der Waals surface area (Å²) in [6.45, 7) is 4.00. The van der Waals surface area contributed by atoms with Crippen molar-refractivity contribution in [3.8, 4) is 0 Å². The van der Waals surface area contributed by atoms with E-state index in [0.717, 1.165) is 33.0 Å². The lowest BCUT2D eigenvalue weighted by Gasteiger charge is -2.01. The van der Waals surface area contributed by atoms with E-state index in [0.29, 0.717) is 12.8 Å². The van der Waals surface area contributed by atoms with Crippen molar-refractivity contribution in [3.63, 3.8) is 0 Å². The number of ketones is 1. The van der Waals surface area contributed by atoms with Gasteiger partial charge in [-0.2, -0.15) is 5.10 Å². The molecule has 0 amide bonds. The molecular formula is C13H16BrN3OS. The Morgan fingerprint density at radius 3 is 2.74 bits per heavy atom. The van der Waals surface area contributed by atoms with Crippen molar-refractivity contribution in [1.29, 1.82) is 0 Å². The summed E-state index contributed by atoms with van der Waals surface area (Å²) in [5, 5.41) is 7.34. The SMILES string of the molecule is CCc1nn(C)c(CC(=O)Cc2csc(C)n2)c1Br. The van der Waals surface area contributed by atoms with Crippen LogP contribution in [0.4, 0.5) is 0 Å². The zero-order chi connectivity index (χ0) is 14.0. The number of thiazole rings is 1. The van der Waals surface area contributed by atoms with Crippen molar-refractivity contribution < 1.29 is 4.79 Å². The first kappa shape index (κ1) is 14.4. The van der Waals surface area contributed by atoms with Crippen molar-refractivity contribution >= 4 is 33.0 Å². The van der Waals surface area contributed by atoms with Gasteiger partial charge in [-0.05, 0) is 29.3 Å². The molecule has 0 aromatic carbocycles. The number of carbonyl (C=O) groups excluding carboxylic acids is 1. The first-order valence-corrected chi connectivity index (χ1v) is 7.81. The minimum atomic E-state index is 0.164. The number of hydrogen-bond acceptors (Lipinski definition) is 4. The van der Waals surface area contributed by atoms with Crippen LogP contribution in [0.2, 0.25) is 0 Å². The molecule has 19 heavy (non-hydrogen) atoms. The second-order valence-corrected chi connectivity index (χ2v) is 6.29. The molecule has 2 aromatic heterocycles. The highest BCUT2D eigenvalue weighted by Gasteiger charge is 2.16. The van der Waals surface area contributed by atoms with Gasteiger partial charge >= 0.3 is 0 Å². The van der Waals surface area contributed by atoms with E-state index in [1.54, 1.807) is 16.0 Å². The number of rotatable bonds is 5. The fourth-order valence-corrected chi connectivity index (χ4v) is 3.32. The van der Waals surface area contributed by atoms with Gasteiger partial charge in [-0.1, -0.05) is 6.92 Å². The summed E-state index contributed by atoms with van der Waals surface area (Å²) >= 11 is 5.11. The van der Waals surface area contributed by atoms with Crippen molar-refractivity contribution in [2.45, 2.75) is 33.1 Å². The molecule has 0 aliphatic rings. The standard InChI is InChI=1S/C13H16BrN3OS/c1-4-11-13(14)12(17(3)16-11)6-10(18)5-9-7-19-8(2)15-9/h7H,4-6H2,1-3H3. The highest BCUT2D eigenvalue weighted by atomic mass is 79.9. The van der Waals surface area contributed by atoms with E-state index >= 15 is 0 Å². The molecule has 0 bridgehead atoms. The Bertz CT molecular complexity index is 603. The number of Topliss-reactive ketones (excluding diaryl/α,β-unsaturated/α-hetero) is 1. The molecule has 0 atom stereocenters. The Morgan fingerprint density at radius 2 is 2.21 bits per heavy atom. The average molecular weight is 342 g/mol. The number of hydrogen-bond donors (Lipinski definition) is 0. The molecule has 4 nitrogen and oxygen atoms in total. The smallest absolute Gasteiger partial charge is 0.144 e. The third-order valence-electron chi connectivity index (χ3n) is 2.91. The molecule has 2 aromatic rings. The van der Waals surface area contributed by atoms with Gasteiger partial charge in [0.1, 0.15) is 5.78 Å². The van der Waals surface area contributed by atoms with E-state index in [1.807, 2.05) is 19.4 Å². The molecule has 0 N–H and O–H groups in total. The summed E-state index contributed by atoms with van der Waals surface area (Å²) in [5.41, 5.74) is 2.80. The normalized spacial score (nSPS) is 10.9. The van der Waals surface area contributed by atoms with Gasteiger partial charge in [0.15, 0.2) is 0 Å². The zero-order valence-corrected chi connectivity index (χ0v) is 13.6. The van der Waals surface area contributed by atoms with E-state index < -0.39 is 0 Å². The third kappa shape index (κ3) is 3.30. The molecule has 0 unspecified atom stereocenters. The Balaban J connectivity index is 2.09. The molecule has 0 saturated heterocycles. The first-order valence-electron chi connectivity index (χ1n) is 6.14. The molecular weight excluding hydrogens is 326 g/mol. The highest BCUT2D eigenvalue weighted by molar-refractivity contribution is 9.10. The van der Waals surface area contributed by atoms with E-state index in [-0.39, 0.29) is 5.78 Å². The molecule has 2 heterocycles. The number of nitrogens with zero attached hydrogens (tertiary/aromatic N) is 3. The van der Waals surface area contributed by atoms with Crippen molar-refractivity contribution in [3.05, 3.63) is 31.9 Å². The topological polar surface area (TPSA) is 47.8 Å². The van der Waals surface area contributed by atoms with E-state index in [1.165, 1.54) is 0 Å². The van der Waals surface area contributed by atoms with Crippen LogP contribution in [0, 0.1) is 6.92 Å². The van der Waals surface area contributed by atoms with Crippen LogP contribution in [-0.2, 0) is 31.1 Å². The van der Waals surface area contributed by atoms with E-state index in [4.69, 9.17) is 0 Å². The third-order valence-corrected chi connectivity index (χ3v) is 4.65. The Morgan fingerprint density at radius 1 is 1.47 bits per heavy atom. The lowest BCUT2D eigenvalue weighted by molar-refractivity contribution is -0.117. The molecule has 0 fully saturated rings. The zero-order valence-electron chi connectivity index (χ0n) is 11.2. The predicted octanol–water partition coefficient (Wildman–Crippen LogP) is 2.86.